The topological polar surface area (TPSA) is 43.4 Å². The number of rotatable bonds is 5. The van der Waals surface area contributed by atoms with Gasteiger partial charge in [0, 0.05) is 10.7 Å². The van der Waals surface area contributed by atoms with E-state index < -0.39 is 9.05 Å². The van der Waals surface area contributed by atoms with Crippen molar-refractivity contribution < 1.29 is 13.2 Å². The van der Waals surface area contributed by atoms with Gasteiger partial charge in [-0.1, -0.05) is 12.1 Å². The highest BCUT2D eigenvalue weighted by Gasteiger charge is 2.21. The molecule has 2 rings (SSSR count). The lowest BCUT2D eigenvalue weighted by atomic mass is 10.2. The minimum atomic E-state index is -3.50. The summed E-state index contributed by atoms with van der Waals surface area (Å²) in [7, 11) is 1.69. The minimum absolute atomic E-state index is 0.158. The Labute approximate surface area is 99.8 Å². The van der Waals surface area contributed by atoms with Crippen LogP contribution >= 0.6 is 10.7 Å². The Hall–Kier alpha value is -0.740. The van der Waals surface area contributed by atoms with E-state index >= 15 is 0 Å². The second-order valence-corrected chi connectivity index (χ2v) is 6.86. The number of benzene rings is 1. The average Bonchev–Trinajstić information content (AvgIpc) is 2.96. The van der Waals surface area contributed by atoms with E-state index in [2.05, 4.69) is 0 Å². The van der Waals surface area contributed by atoms with E-state index in [0.29, 0.717) is 17.2 Å². The first kappa shape index (κ1) is 11.7. The summed E-state index contributed by atoms with van der Waals surface area (Å²) in [6, 6.07) is 7.05. The molecular formula is C11H13ClO3S. The molecule has 0 unspecified atom stereocenters. The van der Waals surface area contributed by atoms with Crippen LogP contribution in [0.25, 0.3) is 0 Å². The van der Waals surface area contributed by atoms with Gasteiger partial charge >= 0.3 is 0 Å². The van der Waals surface area contributed by atoms with E-state index in [1.807, 2.05) is 6.07 Å². The van der Waals surface area contributed by atoms with Gasteiger partial charge in [0.15, 0.2) is 0 Å². The van der Waals surface area contributed by atoms with Crippen molar-refractivity contribution in [2.45, 2.75) is 18.6 Å². The predicted molar refractivity (Wildman–Crippen MR) is 63.1 cm³/mol. The highest BCUT2D eigenvalue weighted by molar-refractivity contribution is 8.13. The van der Waals surface area contributed by atoms with E-state index in [-0.39, 0.29) is 5.75 Å². The van der Waals surface area contributed by atoms with Crippen molar-refractivity contribution in [1.29, 1.82) is 0 Å². The van der Waals surface area contributed by atoms with Gasteiger partial charge in [0.1, 0.15) is 5.75 Å². The van der Waals surface area contributed by atoms with Crippen molar-refractivity contribution in [3.63, 3.8) is 0 Å². The Kier molecular flexibility index (Phi) is 3.40. The van der Waals surface area contributed by atoms with Crippen LogP contribution in [0.5, 0.6) is 5.75 Å². The fraction of sp³-hybridized carbons (Fsp3) is 0.455. The first-order valence-electron chi connectivity index (χ1n) is 5.17. The fourth-order valence-corrected chi connectivity index (χ4v) is 2.38. The van der Waals surface area contributed by atoms with Crippen LogP contribution in [0.15, 0.2) is 24.3 Å². The van der Waals surface area contributed by atoms with Crippen LogP contribution in [0, 0.1) is 5.92 Å². The highest BCUT2D eigenvalue weighted by atomic mass is 35.7. The van der Waals surface area contributed by atoms with Gasteiger partial charge in [0.2, 0.25) is 9.05 Å². The maximum Gasteiger partial charge on any atom is 0.236 e. The lowest BCUT2D eigenvalue weighted by Gasteiger charge is -2.06. The summed E-state index contributed by atoms with van der Waals surface area (Å²) in [5.41, 5.74) is 0.656. The average molecular weight is 261 g/mol. The van der Waals surface area contributed by atoms with Gasteiger partial charge in [-0.3, -0.25) is 0 Å². The standard InChI is InChI=1S/C11H13ClO3S/c12-16(13,14)8-10-2-1-3-11(6-10)15-7-9-4-5-9/h1-3,6,9H,4-5,7-8H2. The maximum absolute atomic E-state index is 10.9. The van der Waals surface area contributed by atoms with Crippen molar-refractivity contribution >= 4 is 19.7 Å². The Morgan fingerprint density at radius 3 is 2.75 bits per heavy atom. The van der Waals surface area contributed by atoms with Crippen LogP contribution in [-0.4, -0.2) is 15.0 Å². The van der Waals surface area contributed by atoms with Gasteiger partial charge in [-0.05, 0) is 36.5 Å². The third-order valence-corrected chi connectivity index (χ3v) is 3.43. The molecule has 0 atom stereocenters. The van der Waals surface area contributed by atoms with Crippen LogP contribution < -0.4 is 4.74 Å². The summed E-state index contributed by atoms with van der Waals surface area (Å²) >= 11 is 0. The molecule has 0 amide bonds. The Morgan fingerprint density at radius 2 is 2.12 bits per heavy atom. The monoisotopic (exact) mass is 260 g/mol. The zero-order valence-corrected chi connectivity index (χ0v) is 10.3. The molecule has 88 valence electrons. The summed E-state index contributed by atoms with van der Waals surface area (Å²) in [6.45, 7) is 0.719. The zero-order valence-electron chi connectivity index (χ0n) is 8.73. The molecular weight excluding hydrogens is 248 g/mol. The molecule has 16 heavy (non-hydrogen) atoms. The molecule has 1 aromatic carbocycles. The third-order valence-electron chi connectivity index (χ3n) is 2.42. The maximum atomic E-state index is 10.9. The molecule has 0 radical (unpaired) electrons. The summed E-state index contributed by atoms with van der Waals surface area (Å²) in [5, 5.41) is 0. The summed E-state index contributed by atoms with van der Waals surface area (Å²) in [6.07, 6.45) is 2.46. The first-order chi connectivity index (χ1) is 7.53. The van der Waals surface area contributed by atoms with E-state index in [1.165, 1.54) is 12.8 Å². The van der Waals surface area contributed by atoms with Crippen LogP contribution in [0.4, 0.5) is 0 Å². The van der Waals surface area contributed by atoms with Gasteiger partial charge in [-0.15, -0.1) is 0 Å². The van der Waals surface area contributed by atoms with Gasteiger partial charge in [0.05, 0.1) is 12.4 Å². The molecule has 1 aromatic rings. The number of hydrogen-bond acceptors (Lipinski definition) is 3. The van der Waals surface area contributed by atoms with E-state index in [9.17, 15) is 8.42 Å². The fourth-order valence-electron chi connectivity index (χ4n) is 1.42. The van der Waals surface area contributed by atoms with Crippen LogP contribution in [-0.2, 0) is 14.8 Å². The van der Waals surface area contributed by atoms with Crippen LogP contribution in [0.1, 0.15) is 18.4 Å². The molecule has 0 saturated heterocycles. The van der Waals surface area contributed by atoms with Crippen molar-refractivity contribution in [2.24, 2.45) is 5.92 Å². The number of halogens is 1. The van der Waals surface area contributed by atoms with Crippen molar-refractivity contribution in [1.82, 2.24) is 0 Å². The largest absolute Gasteiger partial charge is 0.493 e. The molecule has 1 saturated carbocycles. The summed E-state index contributed by atoms with van der Waals surface area (Å²) in [5.74, 6) is 1.24. The van der Waals surface area contributed by atoms with Gasteiger partial charge in [-0.2, -0.15) is 0 Å². The molecule has 0 aromatic heterocycles. The molecule has 1 aliphatic carbocycles. The van der Waals surface area contributed by atoms with Crippen molar-refractivity contribution in [3.05, 3.63) is 29.8 Å². The first-order valence-corrected chi connectivity index (χ1v) is 7.65. The molecule has 0 heterocycles. The number of ether oxygens (including phenoxy) is 1. The molecule has 1 fully saturated rings. The normalized spacial score (nSPS) is 16.1. The smallest absolute Gasteiger partial charge is 0.236 e. The SMILES string of the molecule is O=S(=O)(Cl)Cc1cccc(OCC2CC2)c1. The second kappa shape index (κ2) is 4.63. The third kappa shape index (κ3) is 4.02. The molecule has 1 aliphatic rings. The summed E-state index contributed by atoms with van der Waals surface area (Å²) in [4.78, 5) is 0. The van der Waals surface area contributed by atoms with Crippen molar-refractivity contribution in [3.8, 4) is 5.75 Å². The molecule has 3 nitrogen and oxygen atoms in total. The van der Waals surface area contributed by atoms with Crippen LogP contribution in [0.3, 0.4) is 0 Å². The van der Waals surface area contributed by atoms with Crippen molar-refractivity contribution in [2.75, 3.05) is 6.61 Å². The molecule has 0 spiro atoms. The van der Waals surface area contributed by atoms with Gasteiger partial charge in [-0.25, -0.2) is 8.42 Å². The lowest BCUT2D eigenvalue weighted by Crippen LogP contribution is -2.00. The van der Waals surface area contributed by atoms with Crippen LogP contribution in [0.2, 0.25) is 0 Å². The van der Waals surface area contributed by atoms with E-state index in [4.69, 9.17) is 15.4 Å². The quantitative estimate of drug-likeness (QED) is 0.764. The Bertz CT molecular complexity index is 466. The molecule has 0 bridgehead atoms. The van der Waals surface area contributed by atoms with E-state index in [0.717, 1.165) is 6.61 Å². The molecule has 0 N–H and O–H groups in total. The second-order valence-electron chi connectivity index (χ2n) is 4.08. The molecule has 0 aliphatic heterocycles. The lowest BCUT2D eigenvalue weighted by molar-refractivity contribution is 0.299. The van der Waals surface area contributed by atoms with Gasteiger partial charge < -0.3 is 4.74 Å². The number of hydrogen-bond donors (Lipinski definition) is 0. The molecule has 5 heteroatoms. The van der Waals surface area contributed by atoms with E-state index in [1.54, 1.807) is 18.2 Å². The zero-order chi connectivity index (χ0) is 11.6. The van der Waals surface area contributed by atoms with Gasteiger partial charge in [0.25, 0.3) is 0 Å². The Balaban J connectivity index is 2.00. The minimum Gasteiger partial charge on any atom is -0.493 e. The Morgan fingerprint density at radius 1 is 1.38 bits per heavy atom. The summed E-state index contributed by atoms with van der Waals surface area (Å²) < 4.78 is 27.4. The highest BCUT2D eigenvalue weighted by Crippen LogP contribution is 2.29. The predicted octanol–water partition coefficient (Wildman–Crippen LogP) is 2.54.